The summed E-state index contributed by atoms with van der Waals surface area (Å²) in [6.07, 6.45) is 2.76. The highest BCUT2D eigenvalue weighted by Gasteiger charge is 2.14. The van der Waals surface area contributed by atoms with Crippen molar-refractivity contribution in [2.24, 2.45) is 0 Å². The van der Waals surface area contributed by atoms with Crippen molar-refractivity contribution in [1.82, 2.24) is 15.1 Å². The summed E-state index contributed by atoms with van der Waals surface area (Å²) in [6, 6.07) is 5.72. The average Bonchev–Trinajstić information content (AvgIpc) is 2.92. The molecule has 0 radical (unpaired) electrons. The molecule has 7 nitrogen and oxygen atoms in total. The van der Waals surface area contributed by atoms with Gasteiger partial charge in [0.2, 0.25) is 5.82 Å². The molecule has 0 saturated carbocycles. The Kier molecular flexibility index (Phi) is 2.72. The molecule has 0 fully saturated rings. The van der Waals surface area contributed by atoms with E-state index in [0.717, 1.165) is 0 Å². The van der Waals surface area contributed by atoms with Crippen LogP contribution in [0.1, 0.15) is 0 Å². The maximum atomic E-state index is 9.66. The molecule has 20 heavy (non-hydrogen) atoms. The van der Waals surface area contributed by atoms with E-state index in [4.69, 9.17) is 4.52 Å². The predicted molar refractivity (Wildman–Crippen MR) is 68.0 cm³/mol. The van der Waals surface area contributed by atoms with E-state index in [0.29, 0.717) is 11.1 Å². The van der Waals surface area contributed by atoms with Crippen LogP contribution in [0.25, 0.3) is 22.8 Å². The van der Waals surface area contributed by atoms with Crippen LogP contribution in [0.5, 0.6) is 17.2 Å². The Morgan fingerprint density at radius 2 is 1.80 bits per heavy atom. The molecule has 3 aromatic rings. The van der Waals surface area contributed by atoms with Gasteiger partial charge < -0.3 is 19.8 Å². The van der Waals surface area contributed by atoms with E-state index >= 15 is 0 Å². The van der Waals surface area contributed by atoms with Crippen LogP contribution in [0, 0.1) is 0 Å². The Hall–Kier alpha value is -3.09. The van der Waals surface area contributed by atoms with E-state index in [1.807, 2.05) is 0 Å². The highest BCUT2D eigenvalue weighted by molar-refractivity contribution is 5.65. The number of rotatable bonds is 2. The summed E-state index contributed by atoms with van der Waals surface area (Å²) >= 11 is 0. The summed E-state index contributed by atoms with van der Waals surface area (Å²) in [5, 5.41) is 32.1. The Morgan fingerprint density at radius 1 is 0.950 bits per heavy atom. The van der Waals surface area contributed by atoms with Crippen molar-refractivity contribution in [1.29, 1.82) is 0 Å². The van der Waals surface area contributed by atoms with E-state index in [1.165, 1.54) is 30.6 Å². The van der Waals surface area contributed by atoms with Crippen molar-refractivity contribution < 1.29 is 19.8 Å². The van der Waals surface area contributed by atoms with Crippen LogP contribution in [-0.4, -0.2) is 30.4 Å². The molecule has 0 atom stereocenters. The molecule has 0 aliphatic heterocycles. The first-order chi connectivity index (χ1) is 9.65. The van der Waals surface area contributed by atoms with Crippen molar-refractivity contribution in [3.63, 3.8) is 0 Å². The lowest BCUT2D eigenvalue weighted by Crippen LogP contribution is -1.82. The Labute approximate surface area is 112 Å². The number of hydrogen-bond donors (Lipinski definition) is 3. The molecule has 0 aliphatic rings. The zero-order valence-electron chi connectivity index (χ0n) is 10.1. The molecule has 0 unspecified atom stereocenters. The second-order valence-electron chi connectivity index (χ2n) is 4.02. The lowest BCUT2D eigenvalue weighted by atomic mass is 10.2. The van der Waals surface area contributed by atoms with Crippen LogP contribution in [-0.2, 0) is 0 Å². The number of phenolic OH excluding ortho intramolecular Hbond substituents is 2. The van der Waals surface area contributed by atoms with Gasteiger partial charge in [-0.2, -0.15) is 4.98 Å². The molecular weight excluding hydrogens is 262 g/mol. The van der Waals surface area contributed by atoms with Crippen molar-refractivity contribution in [2.45, 2.75) is 0 Å². The van der Waals surface area contributed by atoms with Crippen LogP contribution in [0.3, 0.4) is 0 Å². The molecule has 0 saturated heterocycles. The van der Waals surface area contributed by atoms with Crippen molar-refractivity contribution in [2.75, 3.05) is 0 Å². The smallest absolute Gasteiger partial charge is 0.262 e. The van der Waals surface area contributed by atoms with Gasteiger partial charge in [0, 0.05) is 11.8 Å². The Balaban J connectivity index is 2.02. The molecule has 0 bridgehead atoms. The van der Waals surface area contributed by atoms with Gasteiger partial charge in [0.1, 0.15) is 5.75 Å². The van der Waals surface area contributed by atoms with E-state index in [2.05, 4.69) is 15.1 Å². The summed E-state index contributed by atoms with van der Waals surface area (Å²) in [4.78, 5) is 7.88. The highest BCUT2D eigenvalue weighted by atomic mass is 16.5. The molecule has 1 aromatic carbocycles. The normalized spacial score (nSPS) is 10.6. The van der Waals surface area contributed by atoms with Gasteiger partial charge in [0.05, 0.1) is 11.8 Å². The van der Waals surface area contributed by atoms with Gasteiger partial charge in [0.15, 0.2) is 11.5 Å². The number of benzene rings is 1. The largest absolute Gasteiger partial charge is 0.505 e. The third-order valence-electron chi connectivity index (χ3n) is 2.69. The van der Waals surface area contributed by atoms with Crippen LogP contribution >= 0.6 is 0 Å². The van der Waals surface area contributed by atoms with E-state index < -0.39 is 0 Å². The monoisotopic (exact) mass is 271 g/mol. The highest BCUT2D eigenvalue weighted by Crippen LogP contribution is 2.31. The first kappa shape index (κ1) is 12.0. The van der Waals surface area contributed by atoms with Gasteiger partial charge >= 0.3 is 0 Å². The molecule has 0 aliphatic carbocycles. The molecule has 3 rings (SSSR count). The fraction of sp³-hybridized carbons (Fsp3) is 0. The summed E-state index contributed by atoms with van der Waals surface area (Å²) in [7, 11) is 0. The number of pyridine rings is 1. The van der Waals surface area contributed by atoms with Crippen molar-refractivity contribution in [3.05, 3.63) is 36.7 Å². The van der Waals surface area contributed by atoms with Gasteiger partial charge in [0.25, 0.3) is 5.89 Å². The fourth-order valence-electron chi connectivity index (χ4n) is 1.68. The first-order valence-electron chi connectivity index (χ1n) is 5.64. The third-order valence-corrected chi connectivity index (χ3v) is 2.69. The van der Waals surface area contributed by atoms with Crippen LogP contribution in [0.2, 0.25) is 0 Å². The molecule has 3 N–H and O–H groups in total. The second kappa shape index (κ2) is 4.54. The van der Waals surface area contributed by atoms with Crippen LogP contribution < -0.4 is 0 Å². The first-order valence-corrected chi connectivity index (χ1v) is 5.64. The maximum Gasteiger partial charge on any atom is 0.262 e. The summed E-state index contributed by atoms with van der Waals surface area (Å²) in [6.45, 7) is 0. The molecule has 0 amide bonds. The van der Waals surface area contributed by atoms with Gasteiger partial charge in [-0.25, -0.2) is 0 Å². The van der Waals surface area contributed by atoms with Gasteiger partial charge in [-0.15, -0.1) is 0 Å². The van der Waals surface area contributed by atoms with E-state index in [9.17, 15) is 15.3 Å². The maximum absolute atomic E-state index is 9.66. The Bertz CT molecular complexity index is 770. The standard InChI is InChI=1S/C13H9N3O4/c17-9-2-1-7(5-10(9)18)12-15-13(20-16-12)8-3-4-14-6-11(8)19/h1-6,17-19H. The SMILES string of the molecule is Oc1ccc(-c2noc(-c3ccncc3O)n2)cc1O. The third kappa shape index (κ3) is 2.01. The van der Waals surface area contributed by atoms with Gasteiger partial charge in [-0.3, -0.25) is 4.98 Å². The summed E-state index contributed by atoms with van der Waals surface area (Å²) in [5.41, 5.74) is 0.839. The van der Waals surface area contributed by atoms with Gasteiger partial charge in [-0.05, 0) is 24.3 Å². The predicted octanol–water partition coefficient (Wildman–Crippen LogP) is 1.92. The Morgan fingerprint density at radius 3 is 2.55 bits per heavy atom. The molecule has 7 heteroatoms. The summed E-state index contributed by atoms with van der Waals surface area (Å²) < 4.78 is 5.06. The lowest BCUT2D eigenvalue weighted by Gasteiger charge is -1.98. The topological polar surface area (TPSA) is 113 Å². The second-order valence-corrected chi connectivity index (χ2v) is 4.02. The molecular formula is C13H9N3O4. The van der Waals surface area contributed by atoms with Gasteiger partial charge in [-0.1, -0.05) is 5.16 Å². The summed E-state index contributed by atoms with van der Waals surface area (Å²) in [5.74, 6) is -0.222. The zero-order chi connectivity index (χ0) is 14.1. The minimum atomic E-state index is -0.277. The van der Waals surface area contributed by atoms with Crippen molar-refractivity contribution >= 4 is 0 Å². The molecule has 2 aromatic heterocycles. The molecule has 100 valence electrons. The number of aromatic nitrogens is 3. The van der Waals surface area contributed by atoms with Crippen molar-refractivity contribution in [3.8, 4) is 40.1 Å². The number of phenols is 2. The number of aromatic hydroxyl groups is 3. The zero-order valence-corrected chi connectivity index (χ0v) is 10.1. The number of hydrogen-bond acceptors (Lipinski definition) is 7. The average molecular weight is 271 g/mol. The number of nitrogens with zero attached hydrogens (tertiary/aromatic N) is 3. The minimum Gasteiger partial charge on any atom is -0.505 e. The van der Waals surface area contributed by atoms with E-state index in [1.54, 1.807) is 6.07 Å². The van der Waals surface area contributed by atoms with E-state index in [-0.39, 0.29) is 29.0 Å². The molecule has 2 heterocycles. The minimum absolute atomic E-state index is 0.0729. The fourth-order valence-corrected chi connectivity index (χ4v) is 1.68. The molecule has 0 spiro atoms. The lowest BCUT2D eigenvalue weighted by molar-refractivity contribution is 0.403. The quantitative estimate of drug-likeness (QED) is 0.610. The van der Waals surface area contributed by atoms with Crippen LogP contribution in [0.15, 0.2) is 41.2 Å². The van der Waals surface area contributed by atoms with Crippen LogP contribution in [0.4, 0.5) is 0 Å².